The molecular weight excluding hydrogens is 110 g/mol. The van der Waals surface area contributed by atoms with Gasteiger partial charge in [0.1, 0.15) is 0 Å². The highest BCUT2D eigenvalue weighted by Gasteiger charge is 1.85. The Morgan fingerprint density at radius 3 is 2.57 bits per heavy atom. The topological polar surface area (TPSA) is 20.3 Å². The summed E-state index contributed by atoms with van der Waals surface area (Å²) in [6.07, 6.45) is 0.800. The quantitative estimate of drug-likeness (QED) is 0.403. The molecule has 0 heterocycles. The zero-order valence-electron chi connectivity index (χ0n) is 4.55. The van der Waals surface area contributed by atoms with Gasteiger partial charge in [-0.25, -0.2) is 0 Å². The van der Waals surface area contributed by atoms with Gasteiger partial charge in [-0.1, -0.05) is 6.92 Å². The smallest absolute Gasteiger partial charge is 0.219 e. The van der Waals surface area contributed by atoms with Crippen molar-refractivity contribution in [2.45, 2.75) is 6.92 Å². The third-order valence-electron chi connectivity index (χ3n) is 0.481. The van der Waals surface area contributed by atoms with Crippen LogP contribution in [0.4, 0.5) is 0 Å². The van der Waals surface area contributed by atoms with Crippen LogP contribution in [0.15, 0.2) is 0 Å². The molecule has 0 aromatic heterocycles. The number of carbonyl (C=O) groups is 1. The van der Waals surface area contributed by atoms with Crippen LogP contribution in [0, 0.1) is 0 Å². The van der Waals surface area contributed by atoms with E-state index in [4.69, 9.17) is 0 Å². The molecule has 2 nitrogen and oxygen atoms in total. The van der Waals surface area contributed by atoms with E-state index in [-0.39, 0.29) is 0 Å². The summed E-state index contributed by atoms with van der Waals surface area (Å²) in [6.45, 7) is 2.00. The van der Waals surface area contributed by atoms with E-state index in [1.165, 1.54) is 11.9 Å². The monoisotopic (exact) mass is 119 g/mol. The van der Waals surface area contributed by atoms with Crippen molar-refractivity contribution in [1.29, 1.82) is 0 Å². The molecule has 0 unspecified atom stereocenters. The third kappa shape index (κ3) is 3.66. The Bertz CT molecular complexity index is 57.7. The van der Waals surface area contributed by atoms with E-state index in [1.54, 1.807) is 11.4 Å². The lowest BCUT2D eigenvalue weighted by Crippen LogP contribution is -2.04. The van der Waals surface area contributed by atoms with E-state index >= 15 is 0 Å². The van der Waals surface area contributed by atoms with Crippen LogP contribution in [-0.4, -0.2) is 23.5 Å². The van der Waals surface area contributed by atoms with Gasteiger partial charge in [-0.15, -0.1) is 0 Å². The summed E-state index contributed by atoms with van der Waals surface area (Å²) in [5, 5.41) is 0. The lowest BCUT2D eigenvalue weighted by molar-refractivity contribution is -0.113. The molecule has 0 saturated carbocycles. The highest BCUT2D eigenvalue weighted by Crippen LogP contribution is 1.99. The molecule has 7 heavy (non-hydrogen) atoms. The number of hydrogen-bond acceptors (Lipinski definition) is 2. The van der Waals surface area contributed by atoms with Crippen molar-refractivity contribution in [3.8, 4) is 0 Å². The van der Waals surface area contributed by atoms with E-state index < -0.39 is 0 Å². The molecule has 0 rings (SSSR count). The van der Waals surface area contributed by atoms with E-state index in [2.05, 4.69) is 0 Å². The molecule has 0 aromatic rings. The minimum Gasteiger partial charge on any atom is -0.292 e. The van der Waals surface area contributed by atoms with Gasteiger partial charge in [-0.2, -0.15) is 0 Å². The molecule has 0 atom stereocenters. The van der Waals surface area contributed by atoms with Crippen LogP contribution in [0.3, 0.4) is 0 Å². The van der Waals surface area contributed by atoms with Crippen molar-refractivity contribution in [2.24, 2.45) is 0 Å². The summed E-state index contributed by atoms with van der Waals surface area (Å²) in [4.78, 5) is 9.80. The minimum absolute atomic E-state index is 0.800. The Labute approximate surface area is 48.0 Å². The zero-order valence-corrected chi connectivity index (χ0v) is 5.36. The predicted octanol–water partition coefficient (Wildman–Crippen LogP) is 0.743. The van der Waals surface area contributed by atoms with E-state index in [9.17, 15) is 4.79 Å². The lowest BCUT2D eigenvalue weighted by Gasteiger charge is -2.03. The third-order valence-corrected chi connectivity index (χ3v) is 1.23. The summed E-state index contributed by atoms with van der Waals surface area (Å²) >= 11 is 1.50. The summed E-state index contributed by atoms with van der Waals surface area (Å²) in [5.74, 6) is 0.954. The van der Waals surface area contributed by atoms with Crippen molar-refractivity contribution in [1.82, 2.24) is 4.31 Å². The molecule has 0 saturated heterocycles. The number of rotatable bonds is 3. The molecular formula is C4H9NOS. The lowest BCUT2D eigenvalue weighted by atomic mass is 11.0. The van der Waals surface area contributed by atoms with Gasteiger partial charge >= 0.3 is 0 Å². The number of carbonyl (C=O) groups excluding carboxylic acids is 1. The normalized spacial score (nSPS) is 8.29. The Morgan fingerprint density at radius 1 is 1.86 bits per heavy atom. The van der Waals surface area contributed by atoms with Crippen LogP contribution in [0.1, 0.15) is 6.92 Å². The number of nitrogens with zero attached hydrogens (tertiary/aromatic N) is 1. The van der Waals surface area contributed by atoms with Crippen LogP contribution in [0.5, 0.6) is 0 Å². The second-order valence-corrected chi connectivity index (χ2v) is 2.48. The van der Waals surface area contributed by atoms with Crippen LogP contribution in [0.25, 0.3) is 0 Å². The molecule has 0 bridgehead atoms. The van der Waals surface area contributed by atoms with E-state index in [1.807, 2.05) is 6.92 Å². The van der Waals surface area contributed by atoms with Gasteiger partial charge in [0, 0.05) is 12.8 Å². The summed E-state index contributed by atoms with van der Waals surface area (Å²) in [5.41, 5.74) is 0. The fourth-order valence-electron chi connectivity index (χ4n) is 0.234. The molecule has 3 heteroatoms. The zero-order chi connectivity index (χ0) is 5.70. The molecule has 0 fully saturated rings. The van der Waals surface area contributed by atoms with Crippen molar-refractivity contribution in [3.05, 3.63) is 0 Å². The second-order valence-electron chi connectivity index (χ2n) is 1.07. The van der Waals surface area contributed by atoms with Gasteiger partial charge in [0.2, 0.25) is 6.41 Å². The Balaban J connectivity index is 2.98. The number of hydrogen-bond donors (Lipinski definition) is 0. The average molecular weight is 119 g/mol. The van der Waals surface area contributed by atoms with Crippen molar-refractivity contribution < 1.29 is 4.79 Å². The highest BCUT2D eigenvalue weighted by molar-refractivity contribution is 7.97. The first kappa shape index (κ1) is 6.82. The van der Waals surface area contributed by atoms with Crippen molar-refractivity contribution >= 4 is 18.4 Å². The SMILES string of the molecule is CCSN(C)C=O. The first-order valence-corrected chi connectivity index (χ1v) is 3.06. The van der Waals surface area contributed by atoms with Gasteiger partial charge in [-0.3, -0.25) is 9.10 Å². The van der Waals surface area contributed by atoms with Gasteiger partial charge in [0.15, 0.2) is 0 Å². The largest absolute Gasteiger partial charge is 0.292 e. The van der Waals surface area contributed by atoms with Crippen molar-refractivity contribution in [3.63, 3.8) is 0 Å². The molecule has 0 aliphatic heterocycles. The Morgan fingerprint density at radius 2 is 2.43 bits per heavy atom. The maximum absolute atomic E-state index is 9.80. The van der Waals surface area contributed by atoms with Crippen LogP contribution in [0.2, 0.25) is 0 Å². The highest BCUT2D eigenvalue weighted by atomic mass is 32.2. The molecule has 1 amide bonds. The molecule has 0 spiro atoms. The summed E-state index contributed by atoms with van der Waals surface area (Å²) in [6, 6.07) is 0. The van der Waals surface area contributed by atoms with Gasteiger partial charge in [0.05, 0.1) is 0 Å². The fraction of sp³-hybridized carbons (Fsp3) is 0.750. The number of amides is 1. The molecule has 0 aliphatic carbocycles. The first-order chi connectivity index (χ1) is 3.31. The van der Waals surface area contributed by atoms with E-state index in [0.717, 1.165) is 12.2 Å². The molecule has 42 valence electrons. The van der Waals surface area contributed by atoms with Crippen LogP contribution in [-0.2, 0) is 4.79 Å². The van der Waals surface area contributed by atoms with E-state index in [0.29, 0.717) is 0 Å². The van der Waals surface area contributed by atoms with Crippen LogP contribution >= 0.6 is 11.9 Å². The molecule has 0 radical (unpaired) electrons. The molecule has 0 aromatic carbocycles. The van der Waals surface area contributed by atoms with Gasteiger partial charge in [-0.05, 0) is 11.9 Å². The van der Waals surface area contributed by atoms with Crippen LogP contribution < -0.4 is 0 Å². The molecule has 0 N–H and O–H groups in total. The van der Waals surface area contributed by atoms with Gasteiger partial charge < -0.3 is 0 Å². The molecule has 0 aliphatic rings. The average Bonchev–Trinajstić information content (AvgIpc) is 1.68. The predicted molar refractivity (Wildman–Crippen MR) is 32.0 cm³/mol. The van der Waals surface area contributed by atoms with Crippen molar-refractivity contribution in [2.75, 3.05) is 12.8 Å². The standard InChI is InChI=1S/C4H9NOS/c1-3-7-5(2)4-6/h4H,3H2,1-2H3. The fourth-order valence-corrected chi connectivity index (χ4v) is 0.702. The first-order valence-electron chi connectivity index (χ1n) is 2.12. The maximum Gasteiger partial charge on any atom is 0.219 e. The summed E-state index contributed by atoms with van der Waals surface area (Å²) in [7, 11) is 1.74. The Kier molecular flexibility index (Phi) is 3.89. The second kappa shape index (κ2) is 3.99. The minimum atomic E-state index is 0.800. The van der Waals surface area contributed by atoms with Gasteiger partial charge in [0.25, 0.3) is 0 Å². The Hall–Kier alpha value is -0.180. The maximum atomic E-state index is 9.80. The summed E-state index contributed by atoms with van der Waals surface area (Å²) < 4.78 is 1.54.